The number of carbonyl (C=O) groups excluding carboxylic acids is 14. The summed E-state index contributed by atoms with van der Waals surface area (Å²) < 4.78 is 6.08. The van der Waals surface area contributed by atoms with Crippen LogP contribution in [0.15, 0.2) is 60.7 Å². The van der Waals surface area contributed by atoms with Crippen molar-refractivity contribution in [3.8, 4) is 23.0 Å². The first-order chi connectivity index (χ1) is 62.7. The molecule has 3 fully saturated rings. The van der Waals surface area contributed by atoms with E-state index in [1.54, 1.807) is 57.2 Å². The maximum absolute atomic E-state index is 15.5. The van der Waals surface area contributed by atoms with Gasteiger partial charge in [0.2, 0.25) is 76.8 Å². The minimum atomic E-state index is -1.51. The third-order valence-electron chi connectivity index (χ3n) is 22.3. The molecule has 7 rings (SSSR count). The molecule has 0 aliphatic carbocycles. The van der Waals surface area contributed by atoms with Gasteiger partial charge in [0.05, 0.1) is 19.6 Å². The summed E-state index contributed by atoms with van der Waals surface area (Å²) in [4.78, 5) is 203. The first kappa shape index (κ1) is 104. The van der Waals surface area contributed by atoms with Gasteiger partial charge in [-0.2, -0.15) is 0 Å². The lowest BCUT2D eigenvalue weighted by Crippen LogP contribution is -2.60. The highest BCUT2D eigenvalue weighted by Gasteiger charge is 2.47. The molecule has 0 spiro atoms. The number of hydrogen-bond acceptors (Lipinski definition) is 23. The number of fused-ring (bicyclic) bond motifs is 2. The van der Waals surface area contributed by atoms with E-state index >= 15 is 24.0 Å². The second kappa shape index (κ2) is 51.5. The average Bonchev–Trinajstić information content (AvgIpc) is 0.789. The van der Waals surface area contributed by atoms with Gasteiger partial charge in [-0.1, -0.05) is 51.1 Å². The molecule has 0 aromatic heterocycles. The van der Waals surface area contributed by atoms with Crippen molar-refractivity contribution in [2.45, 2.75) is 184 Å². The quantitative estimate of drug-likeness (QED) is 0.0111. The number of carbonyl (C=O) groups is 14. The lowest BCUT2D eigenvalue weighted by molar-refractivity contribution is -0.144. The summed E-state index contributed by atoms with van der Waals surface area (Å²) in [5.41, 5.74) is 40.7. The predicted octanol–water partition coefficient (Wildman–Crippen LogP) is -6.46. The predicted molar refractivity (Wildman–Crippen MR) is 483 cm³/mol. The Morgan fingerprint density at radius 1 is 0.371 bits per heavy atom. The van der Waals surface area contributed by atoms with Crippen molar-refractivity contribution >= 4 is 118 Å². The summed E-state index contributed by atoms with van der Waals surface area (Å²) in [6.07, 6.45) is -0.471. The van der Waals surface area contributed by atoms with E-state index < -0.39 is 192 Å². The molecule has 3 aromatic rings. The highest BCUT2D eigenvalue weighted by atomic mass is 16.5. The molecule has 4 heterocycles. The third kappa shape index (κ3) is 33.1. The van der Waals surface area contributed by atoms with E-state index in [9.17, 15) is 53.4 Å². The first-order valence-electron chi connectivity index (χ1n) is 43.7. The van der Waals surface area contributed by atoms with Gasteiger partial charge in [-0.25, -0.2) is 0 Å². The number of amides is 14. The van der Waals surface area contributed by atoms with Gasteiger partial charge in [0.25, 0.3) is 5.91 Å². The average molecular weight is 1850 g/mol. The zero-order valence-electron chi connectivity index (χ0n) is 74.2. The van der Waals surface area contributed by atoms with Gasteiger partial charge in [-0.05, 0) is 138 Å². The molecule has 3 aromatic carbocycles. The van der Waals surface area contributed by atoms with Gasteiger partial charge in [-0.3, -0.25) is 99.6 Å². The van der Waals surface area contributed by atoms with E-state index in [1.165, 1.54) is 39.0 Å². The topological polar surface area (TPSA) is 816 Å². The SMILES string of the molecule is C[C@@H]1C[C@@H](C(=O)NCC(=O)NCC(=O)NCC(N)=O)N(C(=O)[C@H](CCCNC(=N)N)NC(=O)[C@H](CCCNC(=N)N)NC(=O)[C@@H]2C[C@@H](C)CN2C(=O)[C@H](CCCNC(=N)N)NC(=O)[C@H](CCCNC(=N)N)NC(=O)[C@@H]2C[C@@H](C)CN2C(=O)[C@H](CCCNC(=N)N)NC(=O)[C@H](CCCNC(=N)N)NC(=O)CCNC(=O)c2ccccc2C2c3ccc(O)cc3Oc3cc(O)ccc32)C1. The van der Waals surface area contributed by atoms with Crippen LogP contribution in [0.5, 0.6) is 23.0 Å². The fraction of sp³-hybridized carbons (Fsp3) is 0.542. The molecule has 14 amide bonds. The number of primary amides is 1. The number of phenols is 2. The molecule has 12 atom stereocenters. The number of aromatic hydroxyl groups is 2. The molecule has 0 unspecified atom stereocenters. The van der Waals surface area contributed by atoms with Crippen LogP contribution in [-0.2, 0) is 62.3 Å². The Hall–Kier alpha value is -14.7. The summed E-state index contributed by atoms with van der Waals surface area (Å²) in [5, 5.41) is 110. The highest BCUT2D eigenvalue weighted by Crippen LogP contribution is 2.50. The number of guanidine groups is 6. The zero-order chi connectivity index (χ0) is 97.0. The van der Waals surface area contributed by atoms with Crippen molar-refractivity contribution in [1.29, 1.82) is 32.5 Å². The number of nitrogens with one attached hydrogen (secondary N) is 22. The number of likely N-dealkylation sites (tertiary alicyclic amines) is 3. The lowest BCUT2D eigenvalue weighted by Gasteiger charge is -2.32. The van der Waals surface area contributed by atoms with Crippen LogP contribution in [0.3, 0.4) is 0 Å². The molecular weight excluding hydrogens is 1720 g/mol. The molecule has 4 aliphatic rings. The summed E-state index contributed by atoms with van der Waals surface area (Å²) in [5.74, 6) is -14.6. The van der Waals surface area contributed by atoms with Crippen LogP contribution < -0.4 is 130 Å². The Labute approximate surface area is 762 Å². The first-order valence-corrected chi connectivity index (χ1v) is 43.7. The molecule has 0 radical (unpaired) electrons. The Kier molecular flexibility index (Phi) is 40.7. The van der Waals surface area contributed by atoms with Crippen LogP contribution in [0, 0.1) is 50.2 Å². The van der Waals surface area contributed by atoms with Gasteiger partial charge in [0.1, 0.15) is 77.4 Å². The van der Waals surface area contributed by atoms with Crippen LogP contribution in [0.1, 0.15) is 156 Å². The van der Waals surface area contributed by atoms with E-state index in [1.807, 2.05) is 0 Å². The van der Waals surface area contributed by atoms with Crippen LogP contribution in [0.2, 0.25) is 0 Å². The largest absolute Gasteiger partial charge is 0.508 e. The summed E-state index contributed by atoms with van der Waals surface area (Å²) in [7, 11) is 0. The molecule has 38 N–H and O–H groups in total. The Balaban J connectivity index is 1.10. The number of rotatable bonds is 50. The van der Waals surface area contributed by atoms with Crippen molar-refractivity contribution in [2.75, 3.05) is 85.1 Å². The Morgan fingerprint density at radius 3 is 1.05 bits per heavy atom. The second-order valence-electron chi connectivity index (χ2n) is 33.2. The van der Waals surface area contributed by atoms with Gasteiger partial charge >= 0.3 is 0 Å². The third-order valence-corrected chi connectivity index (χ3v) is 22.3. The molecule has 49 nitrogen and oxygen atoms in total. The van der Waals surface area contributed by atoms with Crippen LogP contribution in [0.25, 0.3) is 0 Å². The summed E-state index contributed by atoms with van der Waals surface area (Å²) in [6, 6.07) is 3.37. The molecule has 722 valence electrons. The Bertz CT molecular complexity index is 4640. The van der Waals surface area contributed by atoms with Gasteiger partial charge < -0.3 is 155 Å². The summed E-state index contributed by atoms with van der Waals surface area (Å²) >= 11 is 0. The van der Waals surface area contributed by atoms with Crippen molar-refractivity contribution in [3.63, 3.8) is 0 Å². The number of nitrogens with two attached hydrogens (primary N) is 7. The van der Waals surface area contributed by atoms with Crippen molar-refractivity contribution < 1.29 is 82.1 Å². The molecule has 49 heteroatoms. The van der Waals surface area contributed by atoms with E-state index in [0.717, 1.165) is 0 Å². The smallest absolute Gasteiger partial charge is 0.251 e. The van der Waals surface area contributed by atoms with E-state index in [2.05, 4.69) is 85.1 Å². The molecule has 0 saturated carbocycles. The van der Waals surface area contributed by atoms with Gasteiger partial charge in [0, 0.05) is 107 Å². The number of phenolic OH excluding ortho intramolecular Hbond substituents is 2. The molecule has 3 saturated heterocycles. The number of benzene rings is 3. The lowest BCUT2D eigenvalue weighted by atomic mass is 9.80. The van der Waals surface area contributed by atoms with Crippen molar-refractivity contribution in [1.82, 2.24) is 99.8 Å². The maximum atomic E-state index is 15.5. The normalized spacial score (nSPS) is 17.8. The minimum Gasteiger partial charge on any atom is -0.508 e. The van der Waals surface area contributed by atoms with E-state index in [0.29, 0.717) is 28.2 Å². The van der Waals surface area contributed by atoms with Crippen molar-refractivity contribution in [2.24, 2.45) is 57.9 Å². The summed E-state index contributed by atoms with van der Waals surface area (Å²) in [6.45, 7) is 3.51. The van der Waals surface area contributed by atoms with Crippen LogP contribution in [0.4, 0.5) is 0 Å². The molecule has 132 heavy (non-hydrogen) atoms. The molecule has 0 bridgehead atoms. The monoisotopic (exact) mass is 1850 g/mol. The van der Waals surface area contributed by atoms with E-state index in [4.69, 9.17) is 77.3 Å². The molecule has 4 aliphatic heterocycles. The number of nitrogens with zero attached hydrogens (tertiary/aromatic N) is 3. The fourth-order valence-corrected chi connectivity index (χ4v) is 16.0. The standard InChI is InChI=1S/C83H128N32O17/c1-43-32-58(72(126)106-39-66(121)105-38-65(120)104-37-63(84)118)113(40-43)75(129)55(17-9-28-101-81(91)92)111-70(124)53(15-7-26-99-79(87)88)108-74(128)60-34-45(3)42-115(60)77(131)57(19-11-30-103-83(95)96)112-71(125)54(16-8-27-100-80(89)90)109-73(127)59-33-44(2)41-114(59)76(130)56(18-10-29-102-82(93)94)110-69(123)52(14-6-25-98-78(85)86)107-64(119)24-31-97-68(122)49-13-5-4-12-48(49)67-50-22-20-46(116)35-61(50)132-62-36-47(117)21-23-51(62)67/h4-5,12-13,20-23,35-36,43-45,52-60,67,116-117H,6-11,14-19,24-34,37-42H2,1-3H3,(H2,84,118)(H,97,122)(H,104,120)(H,105,121)(H,106,126)(H,107,119)(H,108,128)(H,109,127)(H,110,123)(H,111,124)(H,112,125)(H4,85,86,98)(H4,87,88,99)(H4,89,90,100)(H4,91,92,101)(H4,93,94,102)(H4,95,96,103)/t43-,44-,45-,52+,53+,54+,55+,56+,57+,58+,59+,60+/m1/s1. The van der Waals surface area contributed by atoms with Gasteiger partial charge in [0.15, 0.2) is 35.8 Å². The van der Waals surface area contributed by atoms with Crippen LogP contribution in [-0.4, -0.2) is 283 Å². The highest BCUT2D eigenvalue weighted by molar-refractivity contribution is 6.01. The fourth-order valence-electron chi connectivity index (χ4n) is 16.0. The Morgan fingerprint density at radius 2 is 0.697 bits per heavy atom. The minimum absolute atomic E-state index is 0.00432. The zero-order valence-corrected chi connectivity index (χ0v) is 74.2. The second-order valence-corrected chi connectivity index (χ2v) is 33.2. The maximum Gasteiger partial charge on any atom is 0.251 e. The van der Waals surface area contributed by atoms with Crippen LogP contribution >= 0.6 is 0 Å². The van der Waals surface area contributed by atoms with E-state index in [-0.39, 0.29) is 209 Å². The van der Waals surface area contributed by atoms with Gasteiger partial charge in [-0.15, -0.1) is 0 Å². The number of hydrogen-bond donors (Lipinski definition) is 31. The van der Waals surface area contributed by atoms with Crippen molar-refractivity contribution in [3.05, 3.63) is 82.9 Å². The number of ether oxygens (including phenoxy) is 1. The molecular formula is C83H128N32O17.